The number of hydrogen-bond donors (Lipinski definition) is 3. The molecule has 70 valence electrons. The third-order valence-electron chi connectivity index (χ3n) is 1.60. The minimum absolute atomic E-state index is 0.284. The predicted molar refractivity (Wildman–Crippen MR) is 47.2 cm³/mol. The van der Waals surface area contributed by atoms with Crippen LogP contribution >= 0.6 is 0 Å². The lowest BCUT2D eigenvalue weighted by molar-refractivity contribution is -0.487. The number of rotatable bonds is 1. The Labute approximate surface area is 77.0 Å². The predicted octanol–water partition coefficient (Wildman–Crippen LogP) is -0.721. The van der Waals surface area contributed by atoms with E-state index in [0.717, 1.165) is 12.8 Å². The second-order valence-electron chi connectivity index (χ2n) is 2.75. The van der Waals surface area contributed by atoms with E-state index in [1.807, 2.05) is 6.92 Å². The van der Waals surface area contributed by atoms with Gasteiger partial charge in [0.05, 0.1) is 0 Å². The summed E-state index contributed by atoms with van der Waals surface area (Å²) in [7, 11) is 0. The summed E-state index contributed by atoms with van der Waals surface area (Å²) in [4.78, 5) is 10.7. The number of nitrogens with two attached hydrogens (primary N) is 1. The van der Waals surface area contributed by atoms with E-state index < -0.39 is 6.23 Å². The Morgan fingerprint density at radius 2 is 2.54 bits per heavy atom. The maximum atomic E-state index is 10.7. The first kappa shape index (κ1) is 9.78. The second kappa shape index (κ2) is 4.65. The first-order chi connectivity index (χ1) is 6.24. The summed E-state index contributed by atoms with van der Waals surface area (Å²) in [5.41, 5.74) is 0.549. The Kier molecular flexibility index (Phi) is 3.50. The summed E-state index contributed by atoms with van der Waals surface area (Å²) < 4.78 is 0. The van der Waals surface area contributed by atoms with E-state index in [0.29, 0.717) is 5.57 Å². The number of aliphatic hydroxyl groups is 1. The van der Waals surface area contributed by atoms with Crippen LogP contribution in [0.5, 0.6) is 0 Å². The fraction of sp³-hybridized carbons (Fsp3) is 0.444. The number of primary amides is 1. The molecule has 0 saturated heterocycles. The minimum atomic E-state index is -0.943. The lowest BCUT2D eigenvalue weighted by Gasteiger charge is -2.13. The maximum Gasteiger partial charge on any atom is 0.420 e. The van der Waals surface area contributed by atoms with Crippen LogP contribution in [0.2, 0.25) is 0 Å². The fourth-order valence-corrected chi connectivity index (χ4v) is 0.917. The number of hydrogen-bond acceptors (Lipinski definition) is 2. The molecule has 1 aliphatic rings. The molecule has 4 nitrogen and oxygen atoms in total. The van der Waals surface area contributed by atoms with Crippen molar-refractivity contribution in [3.63, 3.8) is 0 Å². The zero-order valence-corrected chi connectivity index (χ0v) is 7.50. The minimum Gasteiger partial charge on any atom is -0.368 e. The molecule has 0 aromatic heterocycles. The molecule has 4 heteroatoms. The highest BCUT2D eigenvalue weighted by Crippen LogP contribution is 1.97. The first-order valence-electron chi connectivity index (χ1n) is 4.26. The van der Waals surface area contributed by atoms with Crippen molar-refractivity contribution in [2.24, 2.45) is 0 Å². The van der Waals surface area contributed by atoms with E-state index in [2.05, 4.69) is 17.2 Å². The lowest BCUT2D eigenvalue weighted by atomic mass is 10.2. The van der Waals surface area contributed by atoms with Crippen LogP contribution in [0.3, 0.4) is 0 Å². The molecule has 2 amide bonds. The zero-order valence-electron chi connectivity index (χ0n) is 7.50. The average molecular weight is 181 g/mol. The number of carbonyl (C=O) groups is 1. The first-order valence-corrected chi connectivity index (χ1v) is 4.26. The van der Waals surface area contributed by atoms with Crippen LogP contribution in [0.25, 0.3) is 0 Å². The van der Waals surface area contributed by atoms with Crippen LogP contribution in [0, 0.1) is 11.8 Å². The highest BCUT2D eigenvalue weighted by Gasteiger charge is 2.20. The quantitative estimate of drug-likeness (QED) is 0.467. The maximum absolute atomic E-state index is 10.7. The molecule has 0 aromatic carbocycles. The van der Waals surface area contributed by atoms with Gasteiger partial charge in [-0.05, 0) is 6.42 Å². The van der Waals surface area contributed by atoms with Gasteiger partial charge in [0, 0.05) is 6.42 Å². The third-order valence-corrected chi connectivity index (χ3v) is 1.60. The van der Waals surface area contributed by atoms with Crippen molar-refractivity contribution >= 4 is 6.03 Å². The number of unbranched alkanes of at least 4 members (excludes halogenated alkanes) is 1. The Morgan fingerprint density at radius 1 is 1.77 bits per heavy atom. The van der Waals surface area contributed by atoms with Crippen LogP contribution in [-0.2, 0) is 0 Å². The van der Waals surface area contributed by atoms with Crippen LogP contribution in [-0.4, -0.2) is 17.4 Å². The van der Waals surface area contributed by atoms with Crippen molar-refractivity contribution in [1.29, 1.82) is 0 Å². The average Bonchev–Trinajstić information content (AvgIpc) is 2.09. The molecule has 1 atom stereocenters. The van der Waals surface area contributed by atoms with Gasteiger partial charge < -0.3 is 5.11 Å². The van der Waals surface area contributed by atoms with E-state index in [4.69, 9.17) is 0 Å². The fourth-order valence-electron chi connectivity index (χ4n) is 0.917. The molecule has 0 fully saturated rings. The van der Waals surface area contributed by atoms with E-state index in [-0.39, 0.29) is 6.03 Å². The van der Waals surface area contributed by atoms with Gasteiger partial charge in [-0.15, -0.1) is 0 Å². The standard InChI is InChI=1S/C9H12N2O2/c1-2-3-4-5-7-6-10-9(13)11-8(7)12/h6,8,12H,2-3H2,1H3,(H2,10,11,13)/p+1. The molecule has 13 heavy (non-hydrogen) atoms. The summed E-state index contributed by atoms with van der Waals surface area (Å²) >= 11 is 0. The SMILES string of the molecule is CCCC#CC1=C[NH2+]C(=O)NC1O. The van der Waals surface area contributed by atoms with Crippen LogP contribution in [0.15, 0.2) is 11.8 Å². The van der Waals surface area contributed by atoms with Crippen molar-refractivity contribution in [2.75, 3.05) is 0 Å². The summed E-state index contributed by atoms with van der Waals surface area (Å²) in [6.45, 7) is 2.04. The number of urea groups is 1. The lowest BCUT2D eigenvalue weighted by Crippen LogP contribution is -2.88. The van der Waals surface area contributed by atoms with Gasteiger partial charge in [-0.1, -0.05) is 18.8 Å². The number of quaternary nitrogens is 1. The van der Waals surface area contributed by atoms with Crippen molar-refractivity contribution in [1.82, 2.24) is 5.32 Å². The Balaban J connectivity index is 2.60. The van der Waals surface area contributed by atoms with Crippen LogP contribution < -0.4 is 10.6 Å². The summed E-state index contributed by atoms with van der Waals surface area (Å²) in [6, 6.07) is -0.284. The number of amides is 2. The molecular formula is C9H13N2O2+. The summed E-state index contributed by atoms with van der Waals surface area (Å²) in [5.74, 6) is 5.71. The molecule has 4 N–H and O–H groups in total. The molecule has 1 rings (SSSR count). The molecule has 0 aromatic rings. The van der Waals surface area contributed by atoms with E-state index >= 15 is 0 Å². The molecule has 0 saturated carbocycles. The van der Waals surface area contributed by atoms with E-state index in [9.17, 15) is 9.90 Å². The van der Waals surface area contributed by atoms with Crippen molar-refractivity contribution < 1.29 is 15.2 Å². The number of nitrogens with one attached hydrogen (secondary N) is 1. The van der Waals surface area contributed by atoms with Crippen molar-refractivity contribution in [3.05, 3.63) is 11.8 Å². The smallest absolute Gasteiger partial charge is 0.368 e. The van der Waals surface area contributed by atoms with Gasteiger partial charge in [-0.3, -0.25) is 5.32 Å². The number of aliphatic hydroxyl groups excluding tert-OH is 1. The molecule has 0 aliphatic carbocycles. The Morgan fingerprint density at radius 3 is 3.15 bits per heavy atom. The van der Waals surface area contributed by atoms with Gasteiger partial charge in [0.2, 0.25) is 0 Å². The molecule has 0 radical (unpaired) electrons. The van der Waals surface area contributed by atoms with E-state index in [1.54, 1.807) is 6.20 Å². The van der Waals surface area contributed by atoms with Gasteiger partial charge in [-0.2, -0.15) is 0 Å². The highest BCUT2D eigenvalue weighted by molar-refractivity contribution is 5.66. The summed E-state index contributed by atoms with van der Waals surface area (Å²) in [5, 5.41) is 13.0. The van der Waals surface area contributed by atoms with Crippen molar-refractivity contribution in [3.8, 4) is 11.8 Å². The Bertz CT molecular complexity index is 286. The van der Waals surface area contributed by atoms with Crippen LogP contribution in [0.1, 0.15) is 19.8 Å². The molecule has 0 bridgehead atoms. The second-order valence-corrected chi connectivity index (χ2v) is 2.75. The largest absolute Gasteiger partial charge is 0.420 e. The van der Waals surface area contributed by atoms with Gasteiger partial charge in [-0.25, -0.2) is 10.1 Å². The zero-order chi connectivity index (χ0) is 9.68. The molecular weight excluding hydrogens is 168 g/mol. The summed E-state index contributed by atoms with van der Waals surface area (Å²) in [6.07, 6.45) is 2.40. The number of carbonyl (C=O) groups excluding carboxylic acids is 1. The normalized spacial score (nSPS) is 21.2. The topological polar surface area (TPSA) is 65.9 Å². The molecule has 1 aliphatic heterocycles. The highest BCUT2D eigenvalue weighted by atomic mass is 16.3. The van der Waals surface area contributed by atoms with Crippen LogP contribution in [0.4, 0.5) is 4.79 Å². The van der Waals surface area contributed by atoms with Gasteiger partial charge in [0.15, 0.2) is 6.23 Å². The third kappa shape index (κ3) is 2.90. The van der Waals surface area contributed by atoms with Gasteiger partial charge in [0.1, 0.15) is 11.8 Å². The van der Waals surface area contributed by atoms with E-state index in [1.165, 1.54) is 5.32 Å². The van der Waals surface area contributed by atoms with Gasteiger partial charge in [0.25, 0.3) is 0 Å². The van der Waals surface area contributed by atoms with Gasteiger partial charge >= 0.3 is 6.03 Å². The molecule has 1 heterocycles. The monoisotopic (exact) mass is 181 g/mol. The molecule has 0 spiro atoms. The van der Waals surface area contributed by atoms with Crippen molar-refractivity contribution in [2.45, 2.75) is 26.0 Å². The molecule has 1 unspecified atom stereocenters. The Hall–Kier alpha value is -1.31.